The summed E-state index contributed by atoms with van der Waals surface area (Å²) in [5.74, 6) is -1.03. The summed E-state index contributed by atoms with van der Waals surface area (Å²) in [6, 6.07) is 1.09. The highest BCUT2D eigenvalue weighted by Gasteiger charge is 2.21. The van der Waals surface area contributed by atoms with Crippen molar-refractivity contribution in [2.75, 3.05) is 25.0 Å². The van der Waals surface area contributed by atoms with Gasteiger partial charge in [-0.1, -0.05) is 0 Å². The molecule has 1 unspecified atom stereocenters. The molecule has 1 atom stereocenters. The minimum atomic E-state index is -0.642. The summed E-state index contributed by atoms with van der Waals surface area (Å²) >= 11 is 0. The molecule has 0 aromatic carbocycles. The first-order chi connectivity index (χ1) is 7.68. The molecule has 88 valence electrons. The van der Waals surface area contributed by atoms with Crippen LogP contribution in [0.4, 0.5) is 14.6 Å². The van der Waals surface area contributed by atoms with Gasteiger partial charge in [0.05, 0.1) is 6.20 Å². The Labute approximate surface area is 93.5 Å². The van der Waals surface area contributed by atoms with Crippen LogP contribution in [0.1, 0.15) is 12.8 Å². The van der Waals surface area contributed by atoms with Crippen molar-refractivity contribution >= 4 is 5.82 Å². The van der Waals surface area contributed by atoms with Crippen LogP contribution in [0.25, 0.3) is 0 Å². The van der Waals surface area contributed by atoms with Gasteiger partial charge in [0.2, 0.25) is 0 Å². The first-order valence-electron chi connectivity index (χ1n) is 5.43. The Bertz CT molecular complexity index is 364. The van der Waals surface area contributed by atoms with Gasteiger partial charge in [-0.3, -0.25) is 0 Å². The van der Waals surface area contributed by atoms with Crippen LogP contribution in [0.15, 0.2) is 12.3 Å². The average Bonchev–Trinajstić information content (AvgIpc) is 2.29. The zero-order valence-corrected chi connectivity index (χ0v) is 9.21. The fraction of sp³-hybridized carbons (Fsp3) is 0.545. The highest BCUT2D eigenvalue weighted by Crippen LogP contribution is 2.20. The Hall–Kier alpha value is -1.23. The first kappa shape index (κ1) is 11.3. The molecular formula is C11H15F2N3. The molecular weight excluding hydrogens is 212 g/mol. The van der Waals surface area contributed by atoms with Crippen LogP contribution in [-0.4, -0.2) is 31.2 Å². The van der Waals surface area contributed by atoms with Gasteiger partial charge >= 0.3 is 0 Å². The van der Waals surface area contributed by atoms with Gasteiger partial charge in [0, 0.05) is 25.7 Å². The number of piperidine rings is 1. The molecule has 5 heteroatoms. The zero-order chi connectivity index (χ0) is 11.5. The van der Waals surface area contributed by atoms with Crippen molar-refractivity contribution in [2.24, 2.45) is 0 Å². The van der Waals surface area contributed by atoms with Gasteiger partial charge in [-0.15, -0.1) is 0 Å². The minimum absolute atomic E-state index is 0.218. The van der Waals surface area contributed by atoms with E-state index in [1.54, 1.807) is 11.9 Å². The summed E-state index contributed by atoms with van der Waals surface area (Å²) in [4.78, 5) is 5.58. The highest BCUT2D eigenvalue weighted by atomic mass is 19.1. The van der Waals surface area contributed by atoms with Crippen molar-refractivity contribution < 1.29 is 8.78 Å². The standard InChI is InChI=1S/C11H15F2N3/c1-16(9-3-2-4-14-7-9)11-10(13)5-8(12)6-15-11/h5-6,9,14H,2-4,7H2,1H3. The van der Waals surface area contributed by atoms with E-state index < -0.39 is 11.6 Å². The molecule has 1 aromatic rings. The number of anilines is 1. The molecule has 2 heterocycles. The van der Waals surface area contributed by atoms with Crippen molar-refractivity contribution in [1.29, 1.82) is 0 Å². The van der Waals surface area contributed by atoms with Crippen LogP contribution >= 0.6 is 0 Å². The quantitative estimate of drug-likeness (QED) is 0.830. The van der Waals surface area contributed by atoms with Gasteiger partial charge < -0.3 is 10.2 Å². The fourth-order valence-corrected chi connectivity index (χ4v) is 2.00. The second-order valence-corrected chi connectivity index (χ2v) is 4.07. The SMILES string of the molecule is CN(c1ncc(F)cc1F)C1CCCNC1. The third-order valence-corrected chi connectivity index (χ3v) is 2.94. The summed E-state index contributed by atoms with van der Waals surface area (Å²) in [6.45, 7) is 1.82. The summed E-state index contributed by atoms with van der Waals surface area (Å²) in [6.07, 6.45) is 3.12. The fourth-order valence-electron chi connectivity index (χ4n) is 2.00. The topological polar surface area (TPSA) is 28.2 Å². The van der Waals surface area contributed by atoms with Crippen molar-refractivity contribution in [3.8, 4) is 0 Å². The van der Waals surface area contributed by atoms with Gasteiger partial charge in [0.1, 0.15) is 5.82 Å². The molecule has 3 nitrogen and oxygen atoms in total. The molecule has 1 N–H and O–H groups in total. The van der Waals surface area contributed by atoms with Crippen molar-refractivity contribution in [2.45, 2.75) is 18.9 Å². The van der Waals surface area contributed by atoms with E-state index in [9.17, 15) is 8.78 Å². The maximum Gasteiger partial charge on any atom is 0.168 e. The number of rotatable bonds is 2. The Morgan fingerprint density at radius 1 is 1.50 bits per heavy atom. The van der Waals surface area contributed by atoms with Crippen LogP contribution in [0.2, 0.25) is 0 Å². The van der Waals surface area contributed by atoms with E-state index in [0.717, 1.165) is 38.2 Å². The van der Waals surface area contributed by atoms with Crippen molar-refractivity contribution in [3.05, 3.63) is 23.9 Å². The van der Waals surface area contributed by atoms with E-state index >= 15 is 0 Å². The molecule has 0 radical (unpaired) electrons. The van der Waals surface area contributed by atoms with E-state index in [-0.39, 0.29) is 11.9 Å². The number of hydrogen-bond donors (Lipinski definition) is 1. The molecule has 0 aliphatic carbocycles. The molecule has 2 rings (SSSR count). The lowest BCUT2D eigenvalue weighted by Gasteiger charge is -2.32. The smallest absolute Gasteiger partial charge is 0.168 e. The van der Waals surface area contributed by atoms with E-state index in [0.29, 0.717) is 0 Å². The molecule has 1 aromatic heterocycles. The Balaban J connectivity index is 2.15. The Morgan fingerprint density at radius 2 is 2.31 bits per heavy atom. The van der Waals surface area contributed by atoms with Gasteiger partial charge in [-0.2, -0.15) is 0 Å². The molecule has 0 spiro atoms. The first-order valence-corrected chi connectivity index (χ1v) is 5.43. The van der Waals surface area contributed by atoms with E-state index in [4.69, 9.17) is 0 Å². The van der Waals surface area contributed by atoms with Crippen LogP contribution in [0.5, 0.6) is 0 Å². The Morgan fingerprint density at radius 3 is 2.94 bits per heavy atom. The predicted octanol–water partition coefficient (Wildman–Crippen LogP) is 1.55. The largest absolute Gasteiger partial charge is 0.353 e. The third-order valence-electron chi connectivity index (χ3n) is 2.94. The zero-order valence-electron chi connectivity index (χ0n) is 9.21. The molecule has 0 amide bonds. The van der Waals surface area contributed by atoms with E-state index in [2.05, 4.69) is 10.3 Å². The molecule has 16 heavy (non-hydrogen) atoms. The minimum Gasteiger partial charge on any atom is -0.353 e. The third kappa shape index (κ3) is 2.29. The number of halogens is 2. The number of aromatic nitrogens is 1. The van der Waals surface area contributed by atoms with E-state index in [1.807, 2.05) is 0 Å². The lowest BCUT2D eigenvalue weighted by molar-refractivity contribution is 0.438. The van der Waals surface area contributed by atoms with Crippen LogP contribution < -0.4 is 10.2 Å². The van der Waals surface area contributed by atoms with Gasteiger partial charge in [0.25, 0.3) is 0 Å². The van der Waals surface area contributed by atoms with E-state index in [1.165, 1.54) is 0 Å². The maximum atomic E-state index is 13.5. The number of nitrogens with one attached hydrogen (secondary N) is 1. The molecule has 1 aliphatic heterocycles. The van der Waals surface area contributed by atoms with Crippen LogP contribution in [0.3, 0.4) is 0 Å². The maximum absolute atomic E-state index is 13.5. The van der Waals surface area contributed by atoms with Gasteiger partial charge in [-0.25, -0.2) is 13.8 Å². The summed E-state index contributed by atoms with van der Waals surface area (Å²) in [5.41, 5.74) is 0. The molecule has 1 saturated heterocycles. The Kier molecular flexibility index (Phi) is 3.33. The highest BCUT2D eigenvalue weighted by molar-refractivity contribution is 5.40. The number of pyridine rings is 1. The van der Waals surface area contributed by atoms with Crippen LogP contribution in [-0.2, 0) is 0 Å². The number of hydrogen-bond acceptors (Lipinski definition) is 3. The van der Waals surface area contributed by atoms with Crippen LogP contribution in [0, 0.1) is 11.6 Å². The van der Waals surface area contributed by atoms with Gasteiger partial charge in [-0.05, 0) is 19.4 Å². The van der Waals surface area contributed by atoms with Crippen molar-refractivity contribution in [1.82, 2.24) is 10.3 Å². The molecule has 1 fully saturated rings. The predicted molar refractivity (Wildman–Crippen MR) is 58.4 cm³/mol. The lowest BCUT2D eigenvalue weighted by Crippen LogP contribution is -2.44. The second-order valence-electron chi connectivity index (χ2n) is 4.07. The normalized spacial score (nSPS) is 20.8. The molecule has 1 aliphatic rings. The number of nitrogens with zero attached hydrogens (tertiary/aromatic N) is 2. The second kappa shape index (κ2) is 4.74. The monoisotopic (exact) mass is 227 g/mol. The summed E-state index contributed by atoms with van der Waals surface area (Å²) in [7, 11) is 1.79. The van der Waals surface area contributed by atoms with Crippen molar-refractivity contribution in [3.63, 3.8) is 0 Å². The average molecular weight is 227 g/mol. The van der Waals surface area contributed by atoms with Gasteiger partial charge in [0.15, 0.2) is 11.6 Å². The number of likely N-dealkylation sites (N-methyl/N-ethyl adjacent to an activating group) is 1. The molecule has 0 bridgehead atoms. The summed E-state index contributed by atoms with van der Waals surface area (Å²) < 4.78 is 26.2. The lowest BCUT2D eigenvalue weighted by atomic mass is 10.1. The summed E-state index contributed by atoms with van der Waals surface area (Å²) in [5, 5.41) is 3.25. The molecule has 0 saturated carbocycles.